The minimum atomic E-state index is -0.332. The zero-order valence-electron chi connectivity index (χ0n) is 17.6. The molecule has 0 atom stereocenters. The molecule has 0 aliphatic rings. The SMILES string of the molecule is Cc1cccc(-c2nc(C(=O)Nc3ccccc3C)nn2-c2ccc(C)cc2C)c1. The van der Waals surface area contributed by atoms with Gasteiger partial charge in [-0.25, -0.2) is 9.67 Å². The van der Waals surface area contributed by atoms with Crippen LogP contribution in [0.3, 0.4) is 0 Å². The third kappa shape index (κ3) is 3.87. The maximum atomic E-state index is 13.0. The molecule has 3 aromatic carbocycles. The largest absolute Gasteiger partial charge is 0.319 e. The van der Waals surface area contributed by atoms with Crippen LogP contribution in [0.4, 0.5) is 5.69 Å². The summed E-state index contributed by atoms with van der Waals surface area (Å²) in [5.41, 5.74) is 6.91. The quantitative estimate of drug-likeness (QED) is 0.501. The Hall–Kier alpha value is -3.73. The Kier molecular flexibility index (Phi) is 5.19. The lowest BCUT2D eigenvalue weighted by atomic mass is 10.1. The summed E-state index contributed by atoms with van der Waals surface area (Å²) in [7, 11) is 0. The second-order valence-corrected chi connectivity index (χ2v) is 7.60. The minimum absolute atomic E-state index is 0.134. The Morgan fingerprint density at radius 2 is 1.60 bits per heavy atom. The maximum absolute atomic E-state index is 13.0. The van der Waals surface area contributed by atoms with E-state index in [2.05, 4.69) is 28.4 Å². The number of hydrogen-bond donors (Lipinski definition) is 1. The third-order valence-electron chi connectivity index (χ3n) is 5.06. The van der Waals surface area contributed by atoms with Crippen molar-refractivity contribution in [3.05, 3.63) is 94.8 Å². The zero-order valence-corrected chi connectivity index (χ0v) is 17.6. The molecule has 1 amide bonds. The molecular formula is C25H24N4O. The summed E-state index contributed by atoms with van der Waals surface area (Å²) in [5, 5.41) is 7.52. The molecule has 5 nitrogen and oxygen atoms in total. The number of aromatic nitrogens is 3. The summed E-state index contributed by atoms with van der Waals surface area (Å²) >= 11 is 0. The summed E-state index contributed by atoms with van der Waals surface area (Å²) in [6.45, 7) is 8.08. The normalized spacial score (nSPS) is 10.8. The molecule has 0 saturated heterocycles. The first-order valence-corrected chi connectivity index (χ1v) is 9.91. The number of rotatable bonds is 4. The van der Waals surface area contributed by atoms with Gasteiger partial charge in [-0.3, -0.25) is 4.79 Å². The Labute approximate surface area is 176 Å². The molecule has 0 spiro atoms. The van der Waals surface area contributed by atoms with Crippen molar-refractivity contribution in [2.45, 2.75) is 27.7 Å². The van der Waals surface area contributed by atoms with Gasteiger partial charge in [0, 0.05) is 11.3 Å². The van der Waals surface area contributed by atoms with Gasteiger partial charge in [-0.1, -0.05) is 59.7 Å². The maximum Gasteiger partial charge on any atom is 0.295 e. The lowest BCUT2D eigenvalue weighted by Gasteiger charge is -2.10. The summed E-state index contributed by atoms with van der Waals surface area (Å²) in [6.07, 6.45) is 0. The molecule has 150 valence electrons. The van der Waals surface area contributed by atoms with Gasteiger partial charge in [0.2, 0.25) is 5.82 Å². The first-order valence-electron chi connectivity index (χ1n) is 9.91. The fourth-order valence-corrected chi connectivity index (χ4v) is 3.48. The lowest BCUT2D eigenvalue weighted by Crippen LogP contribution is -2.15. The van der Waals surface area contributed by atoms with E-state index in [1.807, 2.05) is 81.4 Å². The molecule has 0 radical (unpaired) electrons. The molecule has 30 heavy (non-hydrogen) atoms. The molecular weight excluding hydrogens is 372 g/mol. The van der Waals surface area contributed by atoms with Gasteiger partial charge in [0.15, 0.2) is 5.82 Å². The molecule has 1 aromatic heterocycles. The van der Waals surface area contributed by atoms with E-state index in [0.29, 0.717) is 5.82 Å². The van der Waals surface area contributed by atoms with Gasteiger partial charge in [0.1, 0.15) is 0 Å². The van der Waals surface area contributed by atoms with Crippen LogP contribution in [0.2, 0.25) is 0 Å². The van der Waals surface area contributed by atoms with Crippen LogP contribution < -0.4 is 5.32 Å². The van der Waals surface area contributed by atoms with E-state index in [4.69, 9.17) is 0 Å². The number of nitrogens with one attached hydrogen (secondary N) is 1. The monoisotopic (exact) mass is 396 g/mol. The van der Waals surface area contributed by atoms with Crippen LogP contribution in [0.5, 0.6) is 0 Å². The number of anilines is 1. The number of amides is 1. The van der Waals surface area contributed by atoms with Crippen LogP contribution in [-0.2, 0) is 0 Å². The number of nitrogens with zero attached hydrogens (tertiary/aromatic N) is 3. The fourth-order valence-electron chi connectivity index (χ4n) is 3.48. The van der Waals surface area contributed by atoms with Crippen LogP contribution in [0.15, 0.2) is 66.7 Å². The van der Waals surface area contributed by atoms with E-state index in [1.54, 1.807) is 4.68 Å². The molecule has 0 aliphatic carbocycles. The van der Waals surface area contributed by atoms with Crippen molar-refractivity contribution >= 4 is 11.6 Å². The Morgan fingerprint density at radius 3 is 2.33 bits per heavy atom. The zero-order chi connectivity index (χ0) is 21.3. The molecule has 0 unspecified atom stereocenters. The first-order chi connectivity index (χ1) is 14.4. The van der Waals surface area contributed by atoms with Crippen LogP contribution in [-0.4, -0.2) is 20.7 Å². The number of hydrogen-bond acceptors (Lipinski definition) is 3. The van der Waals surface area contributed by atoms with Crippen molar-refractivity contribution < 1.29 is 4.79 Å². The standard InChI is InChI=1S/C25H24N4O/c1-16-8-7-10-20(15-16)24-27-23(25(30)26-21-11-6-5-9-18(21)3)28-29(24)22-13-12-17(2)14-19(22)4/h5-15H,1-4H3,(H,26,30). The highest BCUT2D eigenvalue weighted by Crippen LogP contribution is 2.25. The number of benzene rings is 3. The molecule has 4 rings (SSSR count). The molecule has 0 aliphatic heterocycles. The molecule has 4 aromatic rings. The van der Waals surface area contributed by atoms with E-state index in [-0.39, 0.29) is 11.7 Å². The van der Waals surface area contributed by atoms with Crippen molar-refractivity contribution in [1.82, 2.24) is 14.8 Å². The van der Waals surface area contributed by atoms with Gasteiger partial charge in [0.05, 0.1) is 5.69 Å². The van der Waals surface area contributed by atoms with Crippen molar-refractivity contribution in [1.29, 1.82) is 0 Å². The Balaban J connectivity index is 1.81. The fraction of sp³-hybridized carbons (Fsp3) is 0.160. The second kappa shape index (κ2) is 7.95. The number of carbonyl (C=O) groups excluding carboxylic acids is 1. The molecule has 1 N–H and O–H groups in total. The highest BCUT2D eigenvalue weighted by Gasteiger charge is 2.20. The first kappa shape index (κ1) is 19.6. The molecule has 0 saturated carbocycles. The average molecular weight is 396 g/mol. The van der Waals surface area contributed by atoms with Crippen molar-refractivity contribution in [3.63, 3.8) is 0 Å². The average Bonchev–Trinajstić information content (AvgIpc) is 3.15. The van der Waals surface area contributed by atoms with Gasteiger partial charge >= 0.3 is 0 Å². The van der Waals surface area contributed by atoms with E-state index in [1.165, 1.54) is 5.56 Å². The van der Waals surface area contributed by atoms with E-state index in [0.717, 1.165) is 33.6 Å². The smallest absolute Gasteiger partial charge is 0.295 e. The van der Waals surface area contributed by atoms with Crippen LogP contribution in [0.1, 0.15) is 32.9 Å². The van der Waals surface area contributed by atoms with Gasteiger partial charge in [-0.2, -0.15) is 0 Å². The van der Waals surface area contributed by atoms with E-state index < -0.39 is 0 Å². The van der Waals surface area contributed by atoms with Crippen LogP contribution in [0.25, 0.3) is 17.1 Å². The predicted octanol–water partition coefficient (Wildman–Crippen LogP) is 5.42. The predicted molar refractivity (Wildman–Crippen MR) is 120 cm³/mol. The molecule has 0 bridgehead atoms. The highest BCUT2D eigenvalue weighted by molar-refractivity contribution is 6.02. The number of carbonyl (C=O) groups is 1. The van der Waals surface area contributed by atoms with E-state index >= 15 is 0 Å². The molecule has 5 heteroatoms. The number of para-hydroxylation sites is 1. The second-order valence-electron chi connectivity index (χ2n) is 7.60. The number of aryl methyl sites for hydroxylation is 4. The Bertz CT molecular complexity index is 1240. The summed E-state index contributed by atoms with van der Waals surface area (Å²) < 4.78 is 1.76. The lowest BCUT2D eigenvalue weighted by molar-refractivity contribution is 0.101. The van der Waals surface area contributed by atoms with Crippen molar-refractivity contribution in [3.8, 4) is 17.1 Å². The van der Waals surface area contributed by atoms with Crippen molar-refractivity contribution in [2.24, 2.45) is 0 Å². The molecule has 1 heterocycles. The summed E-state index contributed by atoms with van der Waals surface area (Å²) in [6, 6.07) is 21.9. The summed E-state index contributed by atoms with van der Waals surface area (Å²) in [5.74, 6) is 0.442. The van der Waals surface area contributed by atoms with Gasteiger partial charge < -0.3 is 5.32 Å². The van der Waals surface area contributed by atoms with Gasteiger partial charge in [-0.15, -0.1) is 5.10 Å². The van der Waals surface area contributed by atoms with Gasteiger partial charge in [0.25, 0.3) is 5.91 Å². The Morgan fingerprint density at radius 1 is 0.833 bits per heavy atom. The van der Waals surface area contributed by atoms with Gasteiger partial charge in [-0.05, 0) is 57.0 Å². The highest BCUT2D eigenvalue weighted by atomic mass is 16.2. The van der Waals surface area contributed by atoms with E-state index in [9.17, 15) is 4.79 Å². The van der Waals surface area contributed by atoms with Crippen molar-refractivity contribution in [2.75, 3.05) is 5.32 Å². The summed E-state index contributed by atoms with van der Waals surface area (Å²) in [4.78, 5) is 17.6. The topological polar surface area (TPSA) is 59.8 Å². The van der Waals surface area contributed by atoms with Crippen LogP contribution >= 0.6 is 0 Å². The third-order valence-corrected chi connectivity index (χ3v) is 5.06. The van der Waals surface area contributed by atoms with Crippen LogP contribution in [0, 0.1) is 27.7 Å². The minimum Gasteiger partial charge on any atom is -0.319 e. The molecule has 0 fully saturated rings.